The Kier molecular flexibility index (Phi) is 4.54. The van der Waals surface area contributed by atoms with E-state index in [0.29, 0.717) is 16.4 Å². The number of carbonyl (C=O) groups is 1. The number of amides is 1. The molecule has 4 aromatic rings. The van der Waals surface area contributed by atoms with Crippen LogP contribution in [0.15, 0.2) is 54.0 Å². The minimum absolute atomic E-state index is 0.170. The number of thiazole rings is 1. The zero-order chi connectivity index (χ0) is 18.9. The minimum Gasteiger partial charge on any atom is -0.298 e. The standard InChI is InChI=1S/C21H18N4OS2/c26-20(23-21-22-16-9-4-5-10-17(16)28-21)15-13-25(14-7-2-1-3-8-14)24-19(15)18-11-6-12-27-18/h1-3,6-8,11-13H,4-5,9-10H2,(H,22,23,26). The van der Waals surface area contributed by atoms with Crippen LogP contribution >= 0.6 is 22.7 Å². The fourth-order valence-electron chi connectivity index (χ4n) is 3.42. The highest BCUT2D eigenvalue weighted by Crippen LogP contribution is 2.31. The molecule has 0 unspecified atom stereocenters. The van der Waals surface area contributed by atoms with Crippen LogP contribution in [-0.2, 0) is 12.8 Å². The van der Waals surface area contributed by atoms with E-state index in [4.69, 9.17) is 5.10 Å². The first-order valence-corrected chi connectivity index (χ1v) is 11.0. The molecule has 5 rings (SSSR count). The molecule has 140 valence electrons. The number of aryl methyl sites for hydroxylation is 2. The van der Waals surface area contributed by atoms with Crippen molar-refractivity contribution in [3.8, 4) is 16.3 Å². The van der Waals surface area contributed by atoms with Crippen LogP contribution in [0.4, 0.5) is 5.13 Å². The third-order valence-corrected chi connectivity index (χ3v) is 6.75. The summed E-state index contributed by atoms with van der Waals surface area (Å²) in [6, 6.07) is 13.8. The van der Waals surface area contributed by atoms with Gasteiger partial charge in [-0.2, -0.15) is 5.10 Å². The maximum atomic E-state index is 13.1. The minimum atomic E-state index is -0.170. The van der Waals surface area contributed by atoms with Crippen LogP contribution < -0.4 is 5.32 Å². The van der Waals surface area contributed by atoms with Gasteiger partial charge in [0.05, 0.1) is 21.8 Å². The van der Waals surface area contributed by atoms with Gasteiger partial charge in [-0.1, -0.05) is 24.3 Å². The molecule has 1 aliphatic rings. The number of anilines is 1. The number of rotatable bonds is 4. The normalized spacial score (nSPS) is 13.3. The number of carbonyl (C=O) groups excluding carboxylic acids is 1. The number of hydrogen-bond donors (Lipinski definition) is 1. The molecule has 1 aromatic carbocycles. The fraction of sp³-hybridized carbons (Fsp3) is 0.190. The van der Waals surface area contributed by atoms with Crippen LogP contribution in [0.25, 0.3) is 16.3 Å². The number of thiophene rings is 1. The van der Waals surface area contributed by atoms with Gasteiger partial charge in [-0.15, -0.1) is 22.7 Å². The lowest BCUT2D eigenvalue weighted by Crippen LogP contribution is -2.12. The number of aromatic nitrogens is 3. The first-order valence-electron chi connectivity index (χ1n) is 9.27. The van der Waals surface area contributed by atoms with Crippen molar-refractivity contribution >= 4 is 33.7 Å². The molecule has 7 heteroatoms. The van der Waals surface area contributed by atoms with Crippen LogP contribution in [0.1, 0.15) is 33.8 Å². The quantitative estimate of drug-likeness (QED) is 0.507. The van der Waals surface area contributed by atoms with E-state index in [1.165, 1.54) is 17.7 Å². The van der Waals surface area contributed by atoms with Crippen LogP contribution in [0.5, 0.6) is 0 Å². The van der Waals surface area contributed by atoms with Crippen LogP contribution in [0, 0.1) is 0 Å². The largest absolute Gasteiger partial charge is 0.298 e. The highest BCUT2D eigenvalue weighted by molar-refractivity contribution is 7.16. The summed E-state index contributed by atoms with van der Waals surface area (Å²) in [5.74, 6) is -0.170. The Labute approximate surface area is 170 Å². The molecule has 28 heavy (non-hydrogen) atoms. The highest BCUT2D eigenvalue weighted by Gasteiger charge is 2.22. The van der Waals surface area contributed by atoms with Crippen LogP contribution in [0.3, 0.4) is 0 Å². The Morgan fingerprint density at radius 2 is 1.93 bits per heavy atom. The molecule has 0 fully saturated rings. The van der Waals surface area contributed by atoms with Crippen molar-refractivity contribution in [2.45, 2.75) is 25.7 Å². The monoisotopic (exact) mass is 406 g/mol. The molecular formula is C21H18N4OS2. The van der Waals surface area contributed by atoms with Crippen LogP contribution in [0.2, 0.25) is 0 Å². The van der Waals surface area contributed by atoms with E-state index >= 15 is 0 Å². The van der Waals surface area contributed by atoms with Gasteiger partial charge in [0.15, 0.2) is 5.13 Å². The summed E-state index contributed by atoms with van der Waals surface area (Å²) >= 11 is 3.17. The summed E-state index contributed by atoms with van der Waals surface area (Å²) in [4.78, 5) is 20.0. The molecule has 0 spiro atoms. The Morgan fingerprint density at radius 1 is 1.07 bits per heavy atom. The Hall–Kier alpha value is -2.77. The number of nitrogens with zero attached hydrogens (tertiary/aromatic N) is 3. The van der Waals surface area contributed by atoms with E-state index in [1.807, 2.05) is 47.8 Å². The van der Waals surface area contributed by atoms with Gasteiger partial charge in [-0.3, -0.25) is 10.1 Å². The molecule has 0 saturated heterocycles. The van der Waals surface area contributed by atoms with E-state index in [2.05, 4.69) is 10.3 Å². The van der Waals surface area contributed by atoms with E-state index in [9.17, 15) is 4.79 Å². The lowest BCUT2D eigenvalue weighted by atomic mass is 10.0. The van der Waals surface area contributed by atoms with Crippen molar-refractivity contribution in [3.05, 3.63) is 70.2 Å². The summed E-state index contributed by atoms with van der Waals surface area (Å²) in [7, 11) is 0. The maximum Gasteiger partial charge on any atom is 0.261 e. The Balaban J connectivity index is 1.50. The smallest absolute Gasteiger partial charge is 0.261 e. The van der Waals surface area contributed by atoms with E-state index in [-0.39, 0.29) is 5.91 Å². The first kappa shape index (κ1) is 17.3. The molecule has 0 atom stereocenters. The lowest BCUT2D eigenvalue weighted by Gasteiger charge is -2.06. The summed E-state index contributed by atoms with van der Waals surface area (Å²) < 4.78 is 1.76. The van der Waals surface area contributed by atoms with Gasteiger partial charge < -0.3 is 0 Å². The van der Waals surface area contributed by atoms with Crippen molar-refractivity contribution in [2.75, 3.05) is 5.32 Å². The van der Waals surface area contributed by atoms with E-state index in [1.54, 1.807) is 33.6 Å². The zero-order valence-electron chi connectivity index (χ0n) is 15.1. The summed E-state index contributed by atoms with van der Waals surface area (Å²) in [6.45, 7) is 0. The summed E-state index contributed by atoms with van der Waals surface area (Å²) in [5, 5.41) is 10.4. The van der Waals surface area contributed by atoms with Gasteiger partial charge in [0.25, 0.3) is 5.91 Å². The molecule has 0 bridgehead atoms. The highest BCUT2D eigenvalue weighted by atomic mass is 32.1. The van der Waals surface area contributed by atoms with Gasteiger partial charge in [0.2, 0.25) is 0 Å². The topological polar surface area (TPSA) is 59.8 Å². The average Bonchev–Trinajstić information content (AvgIpc) is 3.46. The predicted octanol–water partition coefficient (Wildman–Crippen LogP) is 5.19. The molecule has 0 saturated carbocycles. The molecule has 1 N–H and O–H groups in total. The molecule has 5 nitrogen and oxygen atoms in total. The third kappa shape index (κ3) is 3.27. The van der Waals surface area contributed by atoms with Crippen molar-refractivity contribution in [1.29, 1.82) is 0 Å². The van der Waals surface area contributed by atoms with E-state index < -0.39 is 0 Å². The number of para-hydroxylation sites is 1. The first-order chi connectivity index (χ1) is 13.8. The van der Waals surface area contributed by atoms with Gasteiger partial charge >= 0.3 is 0 Å². The van der Waals surface area contributed by atoms with E-state index in [0.717, 1.165) is 29.1 Å². The van der Waals surface area contributed by atoms with Crippen molar-refractivity contribution in [2.24, 2.45) is 0 Å². The van der Waals surface area contributed by atoms with Gasteiger partial charge in [0, 0.05) is 11.1 Å². The second kappa shape index (κ2) is 7.33. The zero-order valence-corrected chi connectivity index (χ0v) is 16.7. The maximum absolute atomic E-state index is 13.1. The molecule has 3 heterocycles. The SMILES string of the molecule is O=C(Nc1nc2c(s1)CCCC2)c1cn(-c2ccccc2)nc1-c1cccs1. The third-order valence-electron chi connectivity index (χ3n) is 4.80. The lowest BCUT2D eigenvalue weighted by molar-refractivity contribution is 0.102. The number of hydrogen-bond acceptors (Lipinski definition) is 5. The number of benzene rings is 1. The van der Waals surface area contributed by atoms with Gasteiger partial charge in [-0.25, -0.2) is 9.67 Å². The summed E-state index contributed by atoms with van der Waals surface area (Å²) in [5.41, 5.74) is 3.31. The molecule has 1 amide bonds. The molecule has 1 aliphatic carbocycles. The van der Waals surface area contributed by atoms with Crippen molar-refractivity contribution in [1.82, 2.24) is 14.8 Å². The second-order valence-electron chi connectivity index (χ2n) is 6.70. The summed E-state index contributed by atoms with van der Waals surface area (Å²) in [6.07, 6.45) is 6.25. The fourth-order valence-corrected chi connectivity index (χ4v) is 5.19. The average molecular weight is 407 g/mol. The Morgan fingerprint density at radius 3 is 2.71 bits per heavy atom. The molecule has 0 radical (unpaired) electrons. The molecule has 3 aromatic heterocycles. The number of nitrogens with one attached hydrogen (secondary N) is 1. The predicted molar refractivity (Wildman–Crippen MR) is 114 cm³/mol. The van der Waals surface area contributed by atoms with Crippen LogP contribution in [-0.4, -0.2) is 20.7 Å². The molecule has 0 aliphatic heterocycles. The Bertz CT molecular complexity index is 1090. The van der Waals surface area contributed by atoms with Gasteiger partial charge in [-0.05, 0) is 49.3 Å². The van der Waals surface area contributed by atoms with Crippen molar-refractivity contribution < 1.29 is 4.79 Å². The second-order valence-corrected chi connectivity index (χ2v) is 8.73. The molecular weight excluding hydrogens is 388 g/mol. The van der Waals surface area contributed by atoms with Gasteiger partial charge in [0.1, 0.15) is 5.69 Å². The number of fused-ring (bicyclic) bond motifs is 1. The van der Waals surface area contributed by atoms with Crippen molar-refractivity contribution in [3.63, 3.8) is 0 Å².